The first-order valence-electron chi connectivity index (χ1n) is 6.25. The van der Waals surface area contributed by atoms with E-state index >= 15 is 0 Å². The highest BCUT2D eigenvalue weighted by Crippen LogP contribution is 2.31. The predicted octanol–water partition coefficient (Wildman–Crippen LogP) is 3.82. The van der Waals surface area contributed by atoms with Crippen molar-refractivity contribution in [3.63, 3.8) is 0 Å². The molecule has 2 rings (SSSR count). The van der Waals surface area contributed by atoms with Crippen molar-refractivity contribution in [2.75, 3.05) is 13.2 Å². The van der Waals surface area contributed by atoms with E-state index in [-0.39, 0.29) is 18.1 Å². The number of alkyl halides is 3. The third kappa shape index (κ3) is 5.65. The molecule has 0 aliphatic heterocycles. The second kappa shape index (κ2) is 7.33. The molecular formula is C14H14F3NO2S. The minimum atomic E-state index is -4.73. The Balaban J connectivity index is 1.77. The van der Waals surface area contributed by atoms with Gasteiger partial charge in [-0.2, -0.15) is 0 Å². The first kappa shape index (κ1) is 15.7. The Morgan fingerprint density at radius 2 is 1.81 bits per heavy atom. The van der Waals surface area contributed by atoms with Gasteiger partial charge < -0.3 is 14.8 Å². The third-order valence-corrected chi connectivity index (χ3v) is 3.37. The number of rotatable bonds is 7. The zero-order valence-electron chi connectivity index (χ0n) is 11.0. The highest BCUT2D eigenvalue weighted by atomic mass is 32.1. The van der Waals surface area contributed by atoms with Crippen LogP contribution in [0, 0.1) is 0 Å². The van der Waals surface area contributed by atoms with Crippen LogP contribution in [0.15, 0.2) is 41.8 Å². The van der Waals surface area contributed by atoms with E-state index in [1.807, 2.05) is 17.5 Å². The van der Waals surface area contributed by atoms with Crippen molar-refractivity contribution in [1.82, 2.24) is 5.32 Å². The molecule has 0 unspecified atom stereocenters. The van der Waals surface area contributed by atoms with Crippen molar-refractivity contribution in [2.45, 2.75) is 12.9 Å². The summed E-state index contributed by atoms with van der Waals surface area (Å²) in [5.41, 5.74) is 0. The highest BCUT2D eigenvalue weighted by Gasteiger charge is 2.32. The molecule has 1 heterocycles. The molecule has 3 nitrogen and oxygen atoms in total. The molecule has 1 aromatic carbocycles. The normalized spacial score (nSPS) is 11.4. The van der Waals surface area contributed by atoms with Gasteiger partial charge in [0.2, 0.25) is 0 Å². The van der Waals surface area contributed by atoms with Crippen LogP contribution >= 0.6 is 11.3 Å². The predicted molar refractivity (Wildman–Crippen MR) is 74.6 cm³/mol. The Bertz CT molecular complexity index is 543. The Kier molecular flexibility index (Phi) is 5.46. The summed E-state index contributed by atoms with van der Waals surface area (Å²) < 4.78 is 45.9. The van der Waals surface area contributed by atoms with E-state index in [1.54, 1.807) is 17.4 Å². The van der Waals surface area contributed by atoms with Crippen molar-refractivity contribution in [2.24, 2.45) is 0 Å². The molecule has 0 atom stereocenters. The van der Waals surface area contributed by atoms with Gasteiger partial charge in [0.1, 0.15) is 6.61 Å². The van der Waals surface area contributed by atoms with E-state index in [1.165, 1.54) is 23.1 Å². The third-order valence-electron chi connectivity index (χ3n) is 2.49. The summed E-state index contributed by atoms with van der Waals surface area (Å²) >= 11 is 1.64. The number of nitrogens with one attached hydrogen (secondary N) is 1. The molecule has 0 aliphatic rings. The Hall–Kier alpha value is -1.73. The lowest BCUT2D eigenvalue weighted by Crippen LogP contribution is -2.21. The van der Waals surface area contributed by atoms with E-state index in [0.29, 0.717) is 13.1 Å². The molecule has 0 saturated carbocycles. The van der Waals surface area contributed by atoms with Crippen LogP contribution in [-0.2, 0) is 6.54 Å². The number of hydrogen-bond acceptors (Lipinski definition) is 4. The van der Waals surface area contributed by atoms with Crippen LogP contribution in [0.25, 0.3) is 0 Å². The van der Waals surface area contributed by atoms with E-state index < -0.39 is 6.36 Å². The van der Waals surface area contributed by atoms with Gasteiger partial charge in [-0.3, -0.25) is 0 Å². The minimum absolute atomic E-state index is 0.0766. The second-order valence-electron chi connectivity index (χ2n) is 4.10. The van der Waals surface area contributed by atoms with Crippen LogP contribution in [0.4, 0.5) is 13.2 Å². The molecule has 2 aromatic rings. The fourth-order valence-corrected chi connectivity index (χ4v) is 2.31. The molecule has 0 fully saturated rings. The van der Waals surface area contributed by atoms with E-state index in [9.17, 15) is 13.2 Å². The van der Waals surface area contributed by atoms with E-state index in [0.717, 1.165) is 0 Å². The van der Waals surface area contributed by atoms with E-state index in [4.69, 9.17) is 4.74 Å². The quantitative estimate of drug-likeness (QED) is 0.788. The molecule has 1 aromatic heterocycles. The summed E-state index contributed by atoms with van der Waals surface area (Å²) in [7, 11) is 0. The lowest BCUT2D eigenvalue weighted by atomic mass is 10.3. The van der Waals surface area contributed by atoms with Crippen LogP contribution in [-0.4, -0.2) is 19.5 Å². The van der Waals surface area contributed by atoms with Crippen LogP contribution in [0.5, 0.6) is 11.5 Å². The van der Waals surface area contributed by atoms with Crippen molar-refractivity contribution in [3.8, 4) is 11.5 Å². The van der Waals surface area contributed by atoms with E-state index in [2.05, 4.69) is 10.1 Å². The number of thiophene rings is 1. The maximum atomic E-state index is 12.2. The number of hydrogen-bond donors (Lipinski definition) is 1. The van der Waals surface area contributed by atoms with Gasteiger partial charge >= 0.3 is 6.36 Å². The molecule has 0 saturated heterocycles. The molecule has 0 radical (unpaired) electrons. The van der Waals surface area contributed by atoms with Gasteiger partial charge in [0.15, 0.2) is 11.5 Å². The molecule has 0 aliphatic carbocycles. The average molecular weight is 317 g/mol. The van der Waals surface area contributed by atoms with Gasteiger partial charge in [0.05, 0.1) is 0 Å². The lowest BCUT2D eigenvalue weighted by Gasteiger charge is -2.14. The Morgan fingerprint density at radius 1 is 1.05 bits per heavy atom. The fraction of sp³-hybridized carbons (Fsp3) is 0.286. The van der Waals surface area contributed by atoms with Gasteiger partial charge in [-0.15, -0.1) is 24.5 Å². The zero-order chi connectivity index (χ0) is 15.1. The largest absolute Gasteiger partial charge is 0.573 e. The molecular weight excluding hydrogens is 303 g/mol. The zero-order valence-corrected chi connectivity index (χ0v) is 11.8. The first-order chi connectivity index (χ1) is 10.0. The van der Waals surface area contributed by atoms with Crippen molar-refractivity contribution >= 4 is 11.3 Å². The molecule has 0 amide bonds. The van der Waals surface area contributed by atoms with Crippen molar-refractivity contribution in [1.29, 1.82) is 0 Å². The summed E-state index contributed by atoms with van der Waals surface area (Å²) in [4.78, 5) is 1.19. The van der Waals surface area contributed by atoms with Crippen LogP contribution in [0.3, 0.4) is 0 Å². The Morgan fingerprint density at radius 3 is 2.48 bits per heavy atom. The molecule has 7 heteroatoms. The molecule has 114 valence electrons. The average Bonchev–Trinajstić information content (AvgIpc) is 2.91. The van der Waals surface area contributed by atoms with Crippen molar-refractivity contribution in [3.05, 3.63) is 46.7 Å². The summed E-state index contributed by atoms with van der Waals surface area (Å²) in [6, 6.07) is 9.69. The molecule has 21 heavy (non-hydrogen) atoms. The van der Waals surface area contributed by atoms with Gasteiger partial charge in [-0.25, -0.2) is 0 Å². The summed E-state index contributed by atoms with van der Waals surface area (Å²) in [5, 5.41) is 5.13. The summed E-state index contributed by atoms with van der Waals surface area (Å²) in [5.74, 6) is -0.254. The van der Waals surface area contributed by atoms with Gasteiger partial charge in [0, 0.05) is 18.0 Å². The topological polar surface area (TPSA) is 30.5 Å². The Labute approximate surface area is 124 Å². The smallest absolute Gasteiger partial charge is 0.488 e. The van der Waals surface area contributed by atoms with Crippen LogP contribution < -0.4 is 14.8 Å². The maximum absolute atomic E-state index is 12.2. The van der Waals surface area contributed by atoms with Gasteiger partial charge in [-0.05, 0) is 23.6 Å². The number of benzene rings is 1. The number of ether oxygens (including phenoxy) is 2. The van der Waals surface area contributed by atoms with Gasteiger partial charge in [0.25, 0.3) is 0 Å². The van der Waals surface area contributed by atoms with Gasteiger partial charge in [-0.1, -0.05) is 18.2 Å². The molecule has 1 N–H and O–H groups in total. The monoisotopic (exact) mass is 317 g/mol. The standard InChI is InChI=1S/C14H14F3NO2S/c15-14(16,17)20-13-6-2-1-5-12(13)19-8-7-18-10-11-4-3-9-21-11/h1-6,9,18H,7-8,10H2. The SMILES string of the molecule is FC(F)(F)Oc1ccccc1OCCNCc1cccs1. The lowest BCUT2D eigenvalue weighted by molar-refractivity contribution is -0.275. The van der Waals surface area contributed by atoms with Crippen molar-refractivity contribution < 1.29 is 22.6 Å². The molecule has 0 bridgehead atoms. The maximum Gasteiger partial charge on any atom is 0.573 e. The highest BCUT2D eigenvalue weighted by molar-refractivity contribution is 7.09. The fourth-order valence-electron chi connectivity index (χ4n) is 1.64. The number of halogens is 3. The summed E-state index contributed by atoms with van der Waals surface area (Å²) in [6.07, 6.45) is -4.73. The number of para-hydroxylation sites is 2. The molecule has 0 spiro atoms. The van der Waals surface area contributed by atoms with Crippen LogP contribution in [0.1, 0.15) is 4.88 Å². The summed E-state index contributed by atoms with van der Waals surface area (Å²) in [6.45, 7) is 1.49. The minimum Gasteiger partial charge on any atom is -0.488 e. The van der Waals surface area contributed by atoms with Crippen LogP contribution in [0.2, 0.25) is 0 Å². The second-order valence-corrected chi connectivity index (χ2v) is 5.13. The first-order valence-corrected chi connectivity index (χ1v) is 7.13.